The lowest BCUT2D eigenvalue weighted by atomic mass is 10.1. The smallest absolute Gasteiger partial charge is 0.341 e. The number of nitrogens with zero attached hydrogens (tertiary/aromatic N) is 2. The largest absolute Gasteiger partial charge is 0.497 e. The number of benzene rings is 2. The summed E-state index contributed by atoms with van der Waals surface area (Å²) in [7, 11) is 1.65. The molecule has 7 nitrogen and oxygen atoms in total. The number of ether oxygens (including phenoxy) is 2. The van der Waals surface area contributed by atoms with E-state index in [1.54, 1.807) is 20.2 Å². The average molecular weight is 493 g/mol. The SMILES string of the molecule is CCOC(=O)c1cc(-c2ccccc2)sc1NC(=S)Nc1cnn(Cc2cccc(OC)c2)c1. The summed E-state index contributed by atoms with van der Waals surface area (Å²) in [6, 6.07) is 19.5. The molecule has 4 rings (SSSR count). The van der Waals surface area contributed by atoms with Crippen molar-refractivity contribution < 1.29 is 14.3 Å². The van der Waals surface area contributed by atoms with Gasteiger partial charge in [0, 0.05) is 11.1 Å². The molecule has 0 aliphatic rings. The summed E-state index contributed by atoms with van der Waals surface area (Å²) in [6.07, 6.45) is 3.56. The molecule has 0 aliphatic carbocycles. The van der Waals surface area contributed by atoms with E-state index in [0.29, 0.717) is 28.8 Å². The highest BCUT2D eigenvalue weighted by Crippen LogP contribution is 2.36. The van der Waals surface area contributed by atoms with E-state index in [-0.39, 0.29) is 0 Å². The van der Waals surface area contributed by atoms with Crippen molar-refractivity contribution in [3.8, 4) is 16.2 Å². The summed E-state index contributed by atoms with van der Waals surface area (Å²) in [5.74, 6) is 0.411. The first kappa shape index (κ1) is 23.5. The van der Waals surface area contributed by atoms with E-state index >= 15 is 0 Å². The average Bonchev–Trinajstić information content (AvgIpc) is 3.46. The van der Waals surface area contributed by atoms with E-state index in [2.05, 4.69) is 15.7 Å². The summed E-state index contributed by atoms with van der Waals surface area (Å²) >= 11 is 6.95. The molecule has 0 aliphatic heterocycles. The van der Waals surface area contributed by atoms with Gasteiger partial charge in [0.05, 0.1) is 37.7 Å². The van der Waals surface area contributed by atoms with Crippen LogP contribution in [-0.2, 0) is 11.3 Å². The Bertz CT molecular complexity index is 1280. The Morgan fingerprint density at radius 2 is 1.94 bits per heavy atom. The van der Waals surface area contributed by atoms with E-state index in [1.807, 2.05) is 71.5 Å². The van der Waals surface area contributed by atoms with Gasteiger partial charge in [0.1, 0.15) is 10.8 Å². The number of aromatic nitrogens is 2. The second-order valence-corrected chi connectivity index (χ2v) is 8.76. The molecule has 0 saturated heterocycles. The molecule has 174 valence electrons. The Kier molecular flexibility index (Phi) is 7.56. The van der Waals surface area contributed by atoms with Crippen molar-refractivity contribution >= 4 is 45.3 Å². The summed E-state index contributed by atoms with van der Waals surface area (Å²) < 4.78 is 12.3. The number of carbonyl (C=O) groups excluding carboxylic acids is 1. The summed E-state index contributed by atoms with van der Waals surface area (Å²) in [5, 5.41) is 11.7. The van der Waals surface area contributed by atoms with Gasteiger partial charge in [-0.1, -0.05) is 42.5 Å². The van der Waals surface area contributed by atoms with Gasteiger partial charge < -0.3 is 20.1 Å². The number of methoxy groups -OCH3 is 1. The fraction of sp³-hybridized carbons (Fsp3) is 0.160. The molecule has 4 aromatic rings. The molecule has 2 aromatic heterocycles. The molecular weight excluding hydrogens is 468 g/mol. The van der Waals surface area contributed by atoms with E-state index in [1.165, 1.54) is 11.3 Å². The van der Waals surface area contributed by atoms with Gasteiger partial charge in [0.2, 0.25) is 0 Å². The minimum atomic E-state index is -0.391. The molecule has 0 fully saturated rings. The second-order valence-electron chi connectivity index (χ2n) is 7.30. The van der Waals surface area contributed by atoms with Crippen LogP contribution < -0.4 is 15.4 Å². The molecule has 9 heteroatoms. The standard InChI is InChI=1S/C25H24N4O3S2/c1-3-32-24(30)21-13-22(18-9-5-4-6-10-18)34-23(21)28-25(33)27-19-14-26-29(16-19)15-17-8-7-11-20(12-17)31-2/h4-14,16H,3,15H2,1-2H3,(H2,27,28,33). The van der Waals surface area contributed by atoms with Gasteiger partial charge in [-0.15, -0.1) is 11.3 Å². The molecule has 0 bridgehead atoms. The monoisotopic (exact) mass is 492 g/mol. The fourth-order valence-corrected chi connectivity index (χ4v) is 4.67. The summed E-state index contributed by atoms with van der Waals surface area (Å²) in [4.78, 5) is 13.5. The predicted octanol–water partition coefficient (Wildman–Crippen LogP) is 5.65. The highest BCUT2D eigenvalue weighted by molar-refractivity contribution is 7.80. The van der Waals surface area contributed by atoms with Gasteiger partial charge in [0.25, 0.3) is 0 Å². The molecule has 0 radical (unpaired) electrons. The Morgan fingerprint density at radius 3 is 2.71 bits per heavy atom. The van der Waals surface area contributed by atoms with Crippen molar-refractivity contribution in [3.63, 3.8) is 0 Å². The van der Waals surface area contributed by atoms with Crippen LogP contribution in [0.1, 0.15) is 22.8 Å². The first-order valence-electron chi connectivity index (χ1n) is 10.7. The molecule has 0 spiro atoms. The van der Waals surface area contributed by atoms with Crippen LogP contribution in [0.5, 0.6) is 5.75 Å². The van der Waals surface area contributed by atoms with Crippen molar-refractivity contribution in [3.05, 3.63) is 84.2 Å². The van der Waals surface area contributed by atoms with E-state index in [4.69, 9.17) is 21.7 Å². The first-order chi connectivity index (χ1) is 16.6. The Hall–Kier alpha value is -3.69. The third kappa shape index (κ3) is 5.81. The predicted molar refractivity (Wildman–Crippen MR) is 140 cm³/mol. The molecule has 34 heavy (non-hydrogen) atoms. The topological polar surface area (TPSA) is 77.4 Å². The molecule has 0 amide bonds. The molecule has 0 atom stereocenters. The number of hydrogen-bond acceptors (Lipinski definition) is 6. The van der Waals surface area contributed by atoms with Gasteiger partial charge in [0.15, 0.2) is 5.11 Å². The third-order valence-corrected chi connectivity index (χ3v) is 6.19. The molecule has 0 unspecified atom stereocenters. The van der Waals surface area contributed by atoms with Crippen molar-refractivity contribution in [1.82, 2.24) is 9.78 Å². The van der Waals surface area contributed by atoms with Gasteiger partial charge in [-0.25, -0.2) is 4.79 Å². The number of thiocarbonyl (C=S) groups is 1. The Balaban J connectivity index is 1.46. The maximum Gasteiger partial charge on any atom is 0.341 e. The summed E-state index contributed by atoms with van der Waals surface area (Å²) in [6.45, 7) is 2.67. The second kappa shape index (κ2) is 11.0. The lowest BCUT2D eigenvalue weighted by Crippen LogP contribution is -2.19. The zero-order valence-corrected chi connectivity index (χ0v) is 20.4. The van der Waals surface area contributed by atoms with Crippen molar-refractivity contribution in [2.75, 3.05) is 24.4 Å². The number of hydrogen-bond donors (Lipinski definition) is 2. The Labute approximate surface area is 207 Å². The zero-order chi connectivity index (χ0) is 23.9. The van der Waals surface area contributed by atoms with Crippen LogP contribution in [0.4, 0.5) is 10.7 Å². The quantitative estimate of drug-likeness (QED) is 0.243. The number of thiophene rings is 1. The van der Waals surface area contributed by atoms with Gasteiger partial charge in [-0.3, -0.25) is 4.68 Å². The van der Waals surface area contributed by atoms with Crippen LogP contribution in [0.15, 0.2) is 73.1 Å². The van der Waals surface area contributed by atoms with Gasteiger partial charge in [-0.05, 0) is 48.5 Å². The minimum absolute atomic E-state index is 0.296. The highest BCUT2D eigenvalue weighted by atomic mass is 32.1. The normalized spacial score (nSPS) is 10.5. The first-order valence-corrected chi connectivity index (χ1v) is 11.9. The minimum Gasteiger partial charge on any atom is -0.497 e. The number of rotatable bonds is 8. The van der Waals surface area contributed by atoms with Crippen molar-refractivity contribution in [2.24, 2.45) is 0 Å². The number of esters is 1. The maximum absolute atomic E-state index is 12.5. The molecular formula is C25H24N4O3S2. The molecule has 2 heterocycles. The van der Waals surface area contributed by atoms with Gasteiger partial charge >= 0.3 is 5.97 Å². The van der Waals surface area contributed by atoms with E-state index in [9.17, 15) is 4.79 Å². The van der Waals surface area contributed by atoms with E-state index in [0.717, 1.165) is 27.4 Å². The maximum atomic E-state index is 12.5. The summed E-state index contributed by atoms with van der Waals surface area (Å²) in [5.41, 5.74) is 3.27. The van der Waals surface area contributed by atoms with Crippen molar-refractivity contribution in [2.45, 2.75) is 13.5 Å². The fourth-order valence-electron chi connectivity index (χ4n) is 3.33. The number of carbonyl (C=O) groups is 1. The third-order valence-electron chi connectivity index (χ3n) is 4.88. The van der Waals surface area contributed by atoms with Crippen LogP contribution in [0.25, 0.3) is 10.4 Å². The van der Waals surface area contributed by atoms with Crippen LogP contribution in [0.3, 0.4) is 0 Å². The molecule has 2 aromatic carbocycles. The van der Waals surface area contributed by atoms with Crippen LogP contribution in [-0.4, -0.2) is 34.6 Å². The van der Waals surface area contributed by atoms with Crippen LogP contribution >= 0.6 is 23.6 Å². The lowest BCUT2D eigenvalue weighted by molar-refractivity contribution is 0.0528. The zero-order valence-electron chi connectivity index (χ0n) is 18.8. The van der Waals surface area contributed by atoms with Crippen LogP contribution in [0, 0.1) is 0 Å². The molecule has 2 N–H and O–H groups in total. The van der Waals surface area contributed by atoms with Gasteiger partial charge in [-0.2, -0.15) is 5.10 Å². The van der Waals surface area contributed by atoms with Crippen molar-refractivity contribution in [1.29, 1.82) is 0 Å². The van der Waals surface area contributed by atoms with Crippen LogP contribution in [0.2, 0.25) is 0 Å². The highest BCUT2D eigenvalue weighted by Gasteiger charge is 2.19. The number of anilines is 2. The Morgan fingerprint density at radius 1 is 1.12 bits per heavy atom. The van der Waals surface area contributed by atoms with E-state index < -0.39 is 5.97 Å². The molecule has 0 saturated carbocycles. The lowest BCUT2D eigenvalue weighted by Gasteiger charge is -2.09. The number of nitrogens with one attached hydrogen (secondary N) is 2.